The van der Waals surface area contributed by atoms with E-state index in [1.165, 1.54) is 11.3 Å². The molecule has 3 aromatic heterocycles. The van der Waals surface area contributed by atoms with E-state index in [0.29, 0.717) is 31.7 Å². The smallest absolute Gasteiger partial charge is 0.410 e. The average molecular weight is 544 g/mol. The molecule has 8 nitrogen and oxygen atoms in total. The number of carbonyl (C=O) groups excluding carboxylic acids is 2. The Morgan fingerprint density at radius 3 is 2.66 bits per heavy atom. The molecule has 0 atom stereocenters. The van der Waals surface area contributed by atoms with Gasteiger partial charge in [-0.15, -0.1) is 22.7 Å². The number of fused-ring (bicyclic) bond motifs is 2. The minimum absolute atomic E-state index is 0.229. The average Bonchev–Trinajstić information content (AvgIpc) is 3.62. The lowest BCUT2D eigenvalue weighted by Gasteiger charge is -2.26. The third kappa shape index (κ3) is 4.35. The Balaban J connectivity index is 1.38. The van der Waals surface area contributed by atoms with E-state index in [4.69, 9.17) is 9.72 Å². The monoisotopic (exact) mass is 543 g/mol. The number of rotatable bonds is 5. The number of thiophene rings is 1. The van der Waals surface area contributed by atoms with Gasteiger partial charge in [0.25, 0.3) is 5.91 Å². The summed E-state index contributed by atoms with van der Waals surface area (Å²) in [6, 6.07) is 17.8. The summed E-state index contributed by atoms with van der Waals surface area (Å²) >= 11 is 3.10. The van der Waals surface area contributed by atoms with Gasteiger partial charge in [-0.25, -0.2) is 14.5 Å². The Kier molecular flexibility index (Phi) is 6.42. The van der Waals surface area contributed by atoms with E-state index in [2.05, 4.69) is 16.5 Å². The predicted molar refractivity (Wildman–Crippen MR) is 150 cm³/mol. The number of amides is 2. The molecule has 5 aromatic rings. The van der Waals surface area contributed by atoms with Crippen LogP contribution in [0.2, 0.25) is 0 Å². The molecule has 0 saturated heterocycles. The minimum Gasteiger partial charge on any atom is -0.450 e. The van der Waals surface area contributed by atoms with Crippen molar-refractivity contribution in [2.75, 3.05) is 18.5 Å². The molecule has 0 radical (unpaired) electrons. The number of para-hydroxylation sites is 2. The first-order valence-corrected chi connectivity index (χ1v) is 14.0. The number of nitrogens with one attached hydrogen (secondary N) is 1. The molecular weight excluding hydrogens is 518 g/mol. The van der Waals surface area contributed by atoms with Crippen molar-refractivity contribution < 1.29 is 14.3 Å². The van der Waals surface area contributed by atoms with Crippen LogP contribution in [-0.2, 0) is 17.7 Å². The number of ether oxygens (including phenoxy) is 1. The van der Waals surface area contributed by atoms with Crippen LogP contribution in [0.3, 0.4) is 0 Å². The van der Waals surface area contributed by atoms with Crippen molar-refractivity contribution in [2.45, 2.75) is 26.8 Å². The van der Waals surface area contributed by atoms with E-state index in [1.807, 2.05) is 55.5 Å². The van der Waals surface area contributed by atoms with Gasteiger partial charge in [0, 0.05) is 17.0 Å². The number of hydrogen-bond donors (Lipinski definition) is 1. The van der Waals surface area contributed by atoms with Crippen molar-refractivity contribution in [1.29, 1.82) is 0 Å². The van der Waals surface area contributed by atoms with Crippen LogP contribution in [0.1, 0.15) is 33.4 Å². The van der Waals surface area contributed by atoms with Crippen molar-refractivity contribution in [3.05, 3.63) is 82.5 Å². The second-order valence-corrected chi connectivity index (χ2v) is 11.0. The molecule has 2 aromatic carbocycles. The maximum absolute atomic E-state index is 13.5. The molecule has 2 amide bonds. The lowest BCUT2D eigenvalue weighted by atomic mass is 10.0. The van der Waals surface area contributed by atoms with Crippen molar-refractivity contribution >= 4 is 49.9 Å². The van der Waals surface area contributed by atoms with Crippen LogP contribution in [0.15, 0.2) is 60.8 Å². The molecule has 1 N–H and O–H groups in total. The van der Waals surface area contributed by atoms with Crippen LogP contribution < -0.4 is 5.32 Å². The molecule has 1 aliphatic heterocycles. The highest BCUT2D eigenvalue weighted by molar-refractivity contribution is 7.23. The first kappa shape index (κ1) is 24.3. The standard InChI is InChI=1S/C28H25N5O3S2/c1-3-36-28(35)32-14-13-19-23(16-32)38-27(24(19)26-30-21-11-7-8-12-22(21)37-26)31-25(34)20-15-29-33(17(20)2)18-9-5-4-6-10-18/h4-12,15H,3,13-14,16H2,1-2H3,(H,31,34). The summed E-state index contributed by atoms with van der Waals surface area (Å²) in [7, 11) is 0. The molecular formula is C28H25N5O3S2. The quantitative estimate of drug-likeness (QED) is 0.282. The van der Waals surface area contributed by atoms with Gasteiger partial charge in [-0.2, -0.15) is 5.10 Å². The zero-order chi connectivity index (χ0) is 26.2. The molecule has 38 heavy (non-hydrogen) atoms. The Morgan fingerprint density at radius 2 is 1.87 bits per heavy atom. The van der Waals surface area contributed by atoms with E-state index in [1.54, 1.807) is 34.0 Å². The number of aromatic nitrogens is 3. The Morgan fingerprint density at radius 1 is 1.08 bits per heavy atom. The van der Waals surface area contributed by atoms with Gasteiger partial charge in [0.05, 0.1) is 46.5 Å². The fourth-order valence-electron chi connectivity index (χ4n) is 4.70. The van der Waals surface area contributed by atoms with Gasteiger partial charge >= 0.3 is 6.09 Å². The number of carbonyl (C=O) groups is 2. The second kappa shape index (κ2) is 10.0. The van der Waals surface area contributed by atoms with Crippen LogP contribution in [-0.4, -0.2) is 44.8 Å². The van der Waals surface area contributed by atoms with Crippen LogP contribution in [0.4, 0.5) is 9.80 Å². The predicted octanol–water partition coefficient (Wildman–Crippen LogP) is 6.29. The second-order valence-electron chi connectivity index (χ2n) is 8.91. The van der Waals surface area contributed by atoms with Crippen LogP contribution in [0, 0.1) is 6.92 Å². The highest BCUT2D eigenvalue weighted by atomic mass is 32.1. The number of nitrogens with zero attached hydrogens (tertiary/aromatic N) is 4. The summed E-state index contributed by atoms with van der Waals surface area (Å²) in [5.41, 5.74) is 5.14. The van der Waals surface area contributed by atoms with Crippen LogP contribution >= 0.6 is 22.7 Å². The lowest BCUT2D eigenvalue weighted by Crippen LogP contribution is -2.35. The summed E-state index contributed by atoms with van der Waals surface area (Å²) in [6.45, 7) is 5.02. The highest BCUT2D eigenvalue weighted by Crippen LogP contribution is 2.46. The summed E-state index contributed by atoms with van der Waals surface area (Å²) in [4.78, 5) is 33.6. The van der Waals surface area contributed by atoms with Gasteiger partial charge < -0.3 is 15.0 Å². The third-order valence-corrected chi connectivity index (χ3v) is 8.76. The third-order valence-electron chi connectivity index (χ3n) is 6.57. The van der Waals surface area contributed by atoms with Crippen molar-refractivity contribution in [3.63, 3.8) is 0 Å². The fourth-order valence-corrected chi connectivity index (χ4v) is 7.07. The van der Waals surface area contributed by atoms with Gasteiger partial charge in [0.2, 0.25) is 0 Å². The maximum Gasteiger partial charge on any atom is 0.410 e. The van der Waals surface area contributed by atoms with Gasteiger partial charge in [0.1, 0.15) is 10.0 Å². The molecule has 0 unspecified atom stereocenters. The number of benzene rings is 2. The normalized spacial score (nSPS) is 12.9. The van der Waals surface area contributed by atoms with Crippen molar-refractivity contribution in [1.82, 2.24) is 19.7 Å². The van der Waals surface area contributed by atoms with Crippen LogP contribution in [0.25, 0.3) is 26.5 Å². The van der Waals surface area contributed by atoms with E-state index in [-0.39, 0.29) is 12.0 Å². The molecule has 4 heterocycles. The van der Waals surface area contributed by atoms with Gasteiger partial charge in [-0.1, -0.05) is 30.3 Å². The zero-order valence-electron chi connectivity index (χ0n) is 20.9. The summed E-state index contributed by atoms with van der Waals surface area (Å²) in [6.07, 6.45) is 1.95. The van der Waals surface area contributed by atoms with E-state index in [0.717, 1.165) is 47.6 Å². The molecule has 0 aliphatic carbocycles. The van der Waals surface area contributed by atoms with E-state index in [9.17, 15) is 9.59 Å². The van der Waals surface area contributed by atoms with E-state index < -0.39 is 0 Å². The largest absolute Gasteiger partial charge is 0.450 e. The van der Waals surface area contributed by atoms with Crippen molar-refractivity contribution in [3.8, 4) is 16.3 Å². The zero-order valence-corrected chi connectivity index (χ0v) is 22.6. The number of hydrogen-bond acceptors (Lipinski definition) is 7. The Labute approximate surface area is 227 Å². The minimum atomic E-state index is -0.317. The maximum atomic E-state index is 13.5. The lowest BCUT2D eigenvalue weighted by molar-refractivity contribution is 0.102. The summed E-state index contributed by atoms with van der Waals surface area (Å²) in [5, 5.41) is 9.22. The first-order chi connectivity index (χ1) is 18.5. The number of thiazole rings is 1. The molecule has 6 rings (SSSR count). The van der Waals surface area contributed by atoms with Crippen molar-refractivity contribution in [2.24, 2.45) is 0 Å². The summed E-state index contributed by atoms with van der Waals surface area (Å²) < 4.78 is 8.09. The topological polar surface area (TPSA) is 89.4 Å². The Bertz CT molecular complexity index is 1620. The SMILES string of the molecule is CCOC(=O)N1CCc2c(sc(NC(=O)c3cnn(-c4ccccc4)c3C)c2-c2nc3ccccc3s2)C1. The summed E-state index contributed by atoms with van der Waals surface area (Å²) in [5.74, 6) is -0.229. The van der Waals surface area contributed by atoms with Gasteiger partial charge in [-0.3, -0.25) is 4.79 Å². The molecule has 0 saturated carbocycles. The highest BCUT2D eigenvalue weighted by Gasteiger charge is 2.30. The molecule has 10 heteroatoms. The van der Waals surface area contributed by atoms with E-state index >= 15 is 0 Å². The van der Waals surface area contributed by atoms with Gasteiger partial charge in [0.15, 0.2) is 0 Å². The van der Waals surface area contributed by atoms with Crippen LogP contribution in [0.5, 0.6) is 0 Å². The molecule has 0 fully saturated rings. The van der Waals surface area contributed by atoms with Gasteiger partial charge in [-0.05, 0) is 50.1 Å². The Hall–Kier alpha value is -4.02. The number of anilines is 1. The fraction of sp³-hybridized carbons (Fsp3) is 0.214. The molecule has 0 bridgehead atoms. The first-order valence-electron chi connectivity index (χ1n) is 12.4. The molecule has 192 valence electrons. The molecule has 1 aliphatic rings. The molecule has 0 spiro atoms.